The monoisotopic (exact) mass is 426 g/mol. The van der Waals surface area contributed by atoms with Crippen LogP contribution in [0.5, 0.6) is 0 Å². The molecule has 0 spiro atoms. The molecule has 2 heterocycles. The molecule has 3 rings (SSSR count). The topological polar surface area (TPSA) is 93.5 Å². The number of amides is 2. The van der Waals surface area contributed by atoms with Gasteiger partial charge in [0.05, 0.1) is 12.1 Å². The number of aromatic nitrogens is 2. The first-order valence-electron chi connectivity index (χ1n) is 10.7. The van der Waals surface area contributed by atoms with Crippen LogP contribution >= 0.6 is 0 Å². The van der Waals surface area contributed by atoms with Crippen LogP contribution in [-0.2, 0) is 14.3 Å². The molecule has 8 heteroatoms. The molecule has 0 aliphatic carbocycles. The van der Waals surface area contributed by atoms with Crippen LogP contribution in [0.1, 0.15) is 55.6 Å². The van der Waals surface area contributed by atoms with Gasteiger partial charge in [-0.05, 0) is 52.2 Å². The van der Waals surface area contributed by atoms with E-state index in [-0.39, 0.29) is 17.9 Å². The van der Waals surface area contributed by atoms with Crippen molar-refractivity contribution in [2.45, 2.75) is 52.7 Å². The van der Waals surface area contributed by atoms with E-state index in [1.165, 1.54) is 0 Å². The third kappa shape index (κ3) is 5.31. The number of hydrogen-bond donors (Lipinski definition) is 1. The number of piperidine rings is 1. The van der Waals surface area contributed by atoms with Gasteiger partial charge >= 0.3 is 5.97 Å². The summed E-state index contributed by atoms with van der Waals surface area (Å²) in [6, 6.07) is 9.29. The smallest absolute Gasteiger partial charge is 0.309 e. The van der Waals surface area contributed by atoms with E-state index in [4.69, 9.17) is 4.74 Å². The average molecular weight is 427 g/mol. The number of likely N-dealkylation sites (tertiary alicyclic amines) is 1. The van der Waals surface area contributed by atoms with Crippen molar-refractivity contribution in [1.82, 2.24) is 14.7 Å². The van der Waals surface area contributed by atoms with Crippen LogP contribution in [0.3, 0.4) is 0 Å². The number of ether oxygens (including phenoxy) is 1. The van der Waals surface area contributed by atoms with Gasteiger partial charge in [-0.15, -0.1) is 0 Å². The highest BCUT2D eigenvalue weighted by Gasteiger charge is 2.31. The zero-order valence-electron chi connectivity index (χ0n) is 18.5. The lowest BCUT2D eigenvalue weighted by Crippen LogP contribution is -2.42. The number of carbonyl (C=O) groups excluding carboxylic acids is 3. The van der Waals surface area contributed by atoms with Crippen LogP contribution in [0.25, 0.3) is 0 Å². The molecular formula is C23H30N4O4. The van der Waals surface area contributed by atoms with Crippen molar-refractivity contribution in [3.8, 4) is 0 Å². The largest absolute Gasteiger partial charge is 0.452 e. The van der Waals surface area contributed by atoms with E-state index in [0.717, 1.165) is 5.56 Å². The van der Waals surface area contributed by atoms with Gasteiger partial charge in [0.15, 0.2) is 6.10 Å². The number of nitrogens with one attached hydrogen (secondary N) is 1. The van der Waals surface area contributed by atoms with Gasteiger partial charge in [0, 0.05) is 30.8 Å². The van der Waals surface area contributed by atoms with E-state index >= 15 is 0 Å². The van der Waals surface area contributed by atoms with Crippen molar-refractivity contribution in [1.29, 1.82) is 0 Å². The van der Waals surface area contributed by atoms with Gasteiger partial charge in [0.25, 0.3) is 11.8 Å². The minimum absolute atomic E-state index is 0.0144. The second-order valence-corrected chi connectivity index (χ2v) is 8.20. The third-order valence-corrected chi connectivity index (χ3v) is 5.56. The number of aryl methyl sites for hydroxylation is 1. The van der Waals surface area contributed by atoms with Crippen LogP contribution in [0, 0.1) is 12.8 Å². The van der Waals surface area contributed by atoms with E-state index in [1.54, 1.807) is 28.8 Å². The van der Waals surface area contributed by atoms with Crippen LogP contribution in [0.15, 0.2) is 36.5 Å². The summed E-state index contributed by atoms with van der Waals surface area (Å²) in [5.41, 5.74) is 1.63. The van der Waals surface area contributed by atoms with Crippen molar-refractivity contribution in [3.63, 3.8) is 0 Å². The maximum atomic E-state index is 12.7. The molecular weight excluding hydrogens is 396 g/mol. The van der Waals surface area contributed by atoms with Gasteiger partial charge in [0.2, 0.25) is 0 Å². The molecule has 2 amide bonds. The molecule has 31 heavy (non-hydrogen) atoms. The Morgan fingerprint density at radius 2 is 1.77 bits per heavy atom. The molecule has 1 aliphatic heterocycles. The van der Waals surface area contributed by atoms with E-state index in [1.807, 2.05) is 45.0 Å². The molecule has 1 saturated heterocycles. The van der Waals surface area contributed by atoms with Gasteiger partial charge < -0.3 is 15.0 Å². The Morgan fingerprint density at radius 3 is 2.42 bits per heavy atom. The zero-order chi connectivity index (χ0) is 22.5. The van der Waals surface area contributed by atoms with Crippen LogP contribution in [0.4, 0.5) is 5.82 Å². The molecule has 1 aromatic carbocycles. The van der Waals surface area contributed by atoms with E-state index in [0.29, 0.717) is 37.3 Å². The van der Waals surface area contributed by atoms with Crippen molar-refractivity contribution in [3.05, 3.63) is 47.7 Å². The highest BCUT2D eigenvalue weighted by atomic mass is 16.5. The molecule has 0 saturated carbocycles. The van der Waals surface area contributed by atoms with Gasteiger partial charge in [-0.3, -0.25) is 14.4 Å². The van der Waals surface area contributed by atoms with E-state index in [2.05, 4.69) is 10.4 Å². The highest BCUT2D eigenvalue weighted by Crippen LogP contribution is 2.22. The summed E-state index contributed by atoms with van der Waals surface area (Å²) >= 11 is 0. The SMILES string of the molecule is Cc1ccccc1C(=O)N1CCC(C(=O)O[C@@H](C)C(=O)Nc2ccnn2C(C)C)CC1. The Hall–Kier alpha value is -3.16. The minimum atomic E-state index is -0.922. The maximum Gasteiger partial charge on any atom is 0.309 e. The molecule has 1 atom stereocenters. The van der Waals surface area contributed by atoms with Gasteiger partial charge in [-0.25, -0.2) is 4.68 Å². The Morgan fingerprint density at radius 1 is 1.10 bits per heavy atom. The normalized spacial score (nSPS) is 15.6. The van der Waals surface area contributed by atoms with Crippen LogP contribution < -0.4 is 5.32 Å². The fourth-order valence-corrected chi connectivity index (χ4v) is 3.68. The Labute approximate surface area is 182 Å². The van der Waals surface area contributed by atoms with Gasteiger partial charge in [-0.2, -0.15) is 5.10 Å². The first-order valence-corrected chi connectivity index (χ1v) is 10.7. The fraction of sp³-hybridized carbons (Fsp3) is 0.478. The van der Waals surface area contributed by atoms with Crippen molar-refractivity contribution in [2.75, 3.05) is 18.4 Å². The Balaban J connectivity index is 1.50. The van der Waals surface area contributed by atoms with Crippen molar-refractivity contribution in [2.24, 2.45) is 5.92 Å². The van der Waals surface area contributed by atoms with Gasteiger partial charge in [0.1, 0.15) is 5.82 Å². The van der Waals surface area contributed by atoms with Crippen molar-refractivity contribution < 1.29 is 19.1 Å². The number of hydrogen-bond acceptors (Lipinski definition) is 5. The quantitative estimate of drug-likeness (QED) is 0.716. The van der Waals surface area contributed by atoms with Crippen molar-refractivity contribution >= 4 is 23.6 Å². The molecule has 0 unspecified atom stereocenters. The number of carbonyl (C=O) groups is 3. The predicted octanol–water partition coefficient (Wildman–Crippen LogP) is 3.20. The first-order chi connectivity index (χ1) is 14.8. The summed E-state index contributed by atoms with van der Waals surface area (Å²) in [6.45, 7) is 8.37. The van der Waals surface area contributed by atoms with E-state index < -0.39 is 18.0 Å². The molecule has 1 fully saturated rings. The number of rotatable bonds is 6. The summed E-state index contributed by atoms with van der Waals surface area (Å²) in [5, 5.41) is 6.93. The number of nitrogens with zero attached hydrogens (tertiary/aromatic N) is 3. The molecule has 166 valence electrons. The lowest BCUT2D eigenvalue weighted by atomic mass is 9.96. The summed E-state index contributed by atoms with van der Waals surface area (Å²) in [4.78, 5) is 39.5. The number of esters is 1. The summed E-state index contributed by atoms with van der Waals surface area (Å²) in [6.07, 6.45) is 1.73. The number of anilines is 1. The lowest BCUT2D eigenvalue weighted by molar-refractivity contribution is -0.158. The standard InChI is InChI=1S/C23H30N4O4/c1-15(2)27-20(9-12-24-27)25-21(28)17(4)31-23(30)18-10-13-26(14-11-18)22(29)19-8-6-5-7-16(19)3/h5-9,12,15,17-18H,10-11,13-14H2,1-4H3,(H,25,28)/t17-/m0/s1. The second-order valence-electron chi connectivity index (χ2n) is 8.20. The summed E-state index contributed by atoms with van der Waals surface area (Å²) < 4.78 is 7.10. The van der Waals surface area contributed by atoms with E-state index in [9.17, 15) is 14.4 Å². The second kappa shape index (κ2) is 9.76. The Bertz CT molecular complexity index is 945. The zero-order valence-corrected chi connectivity index (χ0v) is 18.5. The van der Waals surface area contributed by atoms with Crippen LogP contribution in [-0.4, -0.2) is 51.7 Å². The lowest BCUT2D eigenvalue weighted by Gasteiger charge is -2.31. The number of benzene rings is 1. The molecule has 8 nitrogen and oxygen atoms in total. The minimum Gasteiger partial charge on any atom is -0.452 e. The van der Waals surface area contributed by atoms with Crippen LogP contribution in [0.2, 0.25) is 0 Å². The molecule has 1 aromatic heterocycles. The molecule has 2 aromatic rings. The Kier molecular flexibility index (Phi) is 7.09. The third-order valence-electron chi connectivity index (χ3n) is 5.56. The average Bonchev–Trinajstić information content (AvgIpc) is 3.22. The van der Waals surface area contributed by atoms with Gasteiger partial charge in [-0.1, -0.05) is 18.2 Å². The molecule has 1 aliphatic rings. The molecule has 0 bridgehead atoms. The highest BCUT2D eigenvalue weighted by molar-refractivity contribution is 5.96. The predicted molar refractivity (Wildman–Crippen MR) is 117 cm³/mol. The molecule has 1 N–H and O–H groups in total. The first kappa shape index (κ1) is 22.5. The molecule has 0 radical (unpaired) electrons. The fourth-order valence-electron chi connectivity index (χ4n) is 3.68. The maximum absolute atomic E-state index is 12.7. The summed E-state index contributed by atoms with van der Waals surface area (Å²) in [7, 11) is 0. The summed E-state index contributed by atoms with van der Waals surface area (Å²) in [5.74, 6) is -0.575.